The molecule has 8 nitrogen and oxygen atoms in total. The largest absolute Gasteiger partial charge is 0.497 e. The van der Waals surface area contributed by atoms with Crippen LogP contribution in [0.25, 0.3) is 0 Å². The van der Waals surface area contributed by atoms with E-state index in [2.05, 4.69) is 0 Å². The number of para-hydroxylation sites is 1. The zero-order valence-electron chi connectivity index (χ0n) is 19.3. The predicted octanol–water partition coefficient (Wildman–Crippen LogP) is 4.02. The number of methoxy groups -OCH3 is 3. The number of nitrogens with zero attached hydrogens (tertiary/aromatic N) is 1. The summed E-state index contributed by atoms with van der Waals surface area (Å²) in [6.45, 7) is 0.210. The highest BCUT2D eigenvalue weighted by atomic mass is 16.5. The molecular weight excluding hydrogens is 438 g/mol. The summed E-state index contributed by atoms with van der Waals surface area (Å²) < 4.78 is 21.7. The van der Waals surface area contributed by atoms with Gasteiger partial charge in [0.25, 0.3) is 5.91 Å². The Hall–Kier alpha value is -4.20. The molecule has 34 heavy (non-hydrogen) atoms. The smallest absolute Gasteiger partial charge is 0.339 e. The van der Waals surface area contributed by atoms with Crippen LogP contribution in [0.15, 0.2) is 66.7 Å². The summed E-state index contributed by atoms with van der Waals surface area (Å²) in [5.41, 5.74) is 1.64. The molecule has 0 atom stereocenters. The van der Waals surface area contributed by atoms with Crippen molar-refractivity contribution in [1.29, 1.82) is 0 Å². The Morgan fingerprint density at radius 3 is 2.24 bits per heavy atom. The van der Waals surface area contributed by atoms with Gasteiger partial charge in [0.05, 0.1) is 21.3 Å². The molecule has 3 aromatic carbocycles. The summed E-state index contributed by atoms with van der Waals surface area (Å²) in [5, 5.41) is 9.46. The van der Waals surface area contributed by atoms with Crippen molar-refractivity contribution in [2.45, 2.75) is 13.1 Å². The lowest BCUT2D eigenvalue weighted by atomic mass is 10.1. The molecule has 0 bridgehead atoms. The first-order chi connectivity index (χ1) is 16.5. The quantitative estimate of drug-likeness (QED) is 0.457. The van der Waals surface area contributed by atoms with Crippen LogP contribution in [-0.2, 0) is 17.9 Å². The fourth-order valence-electron chi connectivity index (χ4n) is 3.48. The summed E-state index contributed by atoms with van der Waals surface area (Å²) >= 11 is 0. The van der Waals surface area contributed by atoms with Gasteiger partial charge in [-0.2, -0.15) is 0 Å². The van der Waals surface area contributed by atoms with E-state index in [-0.39, 0.29) is 30.4 Å². The topological polar surface area (TPSA) is 94.5 Å². The number of carbonyl (C=O) groups excluding carboxylic acids is 1. The first-order valence-electron chi connectivity index (χ1n) is 10.5. The number of rotatable bonds is 11. The van der Waals surface area contributed by atoms with Crippen LogP contribution in [0.2, 0.25) is 0 Å². The Kier molecular flexibility index (Phi) is 8.34. The van der Waals surface area contributed by atoms with E-state index in [4.69, 9.17) is 18.9 Å². The van der Waals surface area contributed by atoms with Crippen molar-refractivity contribution in [3.05, 3.63) is 83.4 Å². The molecule has 0 aliphatic rings. The van der Waals surface area contributed by atoms with Gasteiger partial charge in [0, 0.05) is 24.7 Å². The molecule has 0 unspecified atom stereocenters. The average molecular weight is 466 g/mol. The van der Waals surface area contributed by atoms with Gasteiger partial charge in [-0.1, -0.05) is 42.5 Å². The molecule has 1 amide bonds. The van der Waals surface area contributed by atoms with Crippen LogP contribution in [-0.4, -0.2) is 49.8 Å². The molecule has 0 spiro atoms. The lowest BCUT2D eigenvalue weighted by molar-refractivity contribution is -0.134. The van der Waals surface area contributed by atoms with Gasteiger partial charge in [0.15, 0.2) is 18.1 Å². The molecule has 178 valence electrons. The molecule has 0 fully saturated rings. The molecule has 0 saturated carbocycles. The predicted molar refractivity (Wildman–Crippen MR) is 126 cm³/mol. The van der Waals surface area contributed by atoms with E-state index in [9.17, 15) is 14.7 Å². The van der Waals surface area contributed by atoms with Gasteiger partial charge in [-0.3, -0.25) is 4.79 Å². The maximum atomic E-state index is 13.3. The summed E-state index contributed by atoms with van der Waals surface area (Å²) in [4.78, 5) is 26.5. The van der Waals surface area contributed by atoms with Crippen molar-refractivity contribution >= 4 is 11.9 Å². The second kappa shape index (κ2) is 11.6. The average Bonchev–Trinajstić information content (AvgIpc) is 2.86. The number of ether oxygens (including phenoxy) is 4. The highest BCUT2D eigenvalue weighted by Gasteiger charge is 2.21. The van der Waals surface area contributed by atoms with E-state index in [0.717, 1.165) is 11.1 Å². The molecule has 0 heterocycles. The molecular formula is C26H27NO7. The maximum Gasteiger partial charge on any atom is 0.339 e. The van der Waals surface area contributed by atoms with Gasteiger partial charge >= 0.3 is 5.97 Å². The van der Waals surface area contributed by atoms with Crippen LogP contribution < -0.4 is 18.9 Å². The van der Waals surface area contributed by atoms with Gasteiger partial charge in [0.2, 0.25) is 0 Å². The Balaban J connectivity index is 1.86. The van der Waals surface area contributed by atoms with Crippen LogP contribution in [0.4, 0.5) is 0 Å². The number of carbonyl (C=O) groups is 2. The Labute approximate surface area is 198 Å². The molecule has 0 aliphatic heterocycles. The third-order valence-corrected chi connectivity index (χ3v) is 5.18. The summed E-state index contributed by atoms with van der Waals surface area (Å²) in [6.07, 6.45) is 0. The molecule has 0 saturated heterocycles. The van der Waals surface area contributed by atoms with E-state index >= 15 is 0 Å². The number of hydrogen-bond acceptors (Lipinski definition) is 6. The highest BCUT2D eigenvalue weighted by Crippen LogP contribution is 2.32. The number of carboxylic acids is 1. The number of amides is 1. The number of benzene rings is 3. The van der Waals surface area contributed by atoms with E-state index in [1.165, 1.54) is 25.3 Å². The number of carboxylic acid groups (broad SMARTS) is 1. The third kappa shape index (κ3) is 5.98. The number of hydrogen-bond donors (Lipinski definition) is 1. The summed E-state index contributed by atoms with van der Waals surface area (Å²) in [5.74, 6) is 0.0948. The van der Waals surface area contributed by atoms with Crippen molar-refractivity contribution in [3.63, 3.8) is 0 Å². The van der Waals surface area contributed by atoms with Gasteiger partial charge in [-0.15, -0.1) is 0 Å². The van der Waals surface area contributed by atoms with E-state index in [0.29, 0.717) is 23.8 Å². The van der Waals surface area contributed by atoms with Crippen molar-refractivity contribution in [2.75, 3.05) is 27.9 Å². The van der Waals surface area contributed by atoms with Crippen LogP contribution in [0.5, 0.6) is 23.0 Å². The molecule has 3 aromatic rings. The van der Waals surface area contributed by atoms with Gasteiger partial charge in [0.1, 0.15) is 17.1 Å². The Bertz CT molecular complexity index is 1130. The van der Waals surface area contributed by atoms with E-state index in [1.54, 1.807) is 25.2 Å². The van der Waals surface area contributed by atoms with Gasteiger partial charge < -0.3 is 29.0 Å². The minimum atomic E-state index is -1.16. The highest BCUT2D eigenvalue weighted by molar-refractivity contribution is 5.91. The molecule has 3 rings (SSSR count). The van der Waals surface area contributed by atoms with Crippen LogP contribution in [0.3, 0.4) is 0 Å². The van der Waals surface area contributed by atoms with Crippen molar-refractivity contribution in [3.8, 4) is 23.0 Å². The SMILES string of the molecule is COc1ccc(C(=O)O)c(OCC(=O)N(Cc2ccccc2)Cc2cccc(OC)c2OC)c1. The molecule has 1 N–H and O–H groups in total. The standard InChI is InChI=1S/C26H27NO7/c1-31-20-12-13-21(26(29)30)23(14-20)34-17-24(28)27(15-18-8-5-4-6-9-18)16-19-10-7-11-22(32-2)25(19)33-3/h4-14H,15-17H2,1-3H3,(H,29,30). The zero-order valence-corrected chi connectivity index (χ0v) is 19.3. The van der Waals surface area contributed by atoms with Gasteiger partial charge in [-0.05, 0) is 23.8 Å². The van der Waals surface area contributed by atoms with Crippen molar-refractivity contribution in [2.24, 2.45) is 0 Å². The van der Waals surface area contributed by atoms with E-state index < -0.39 is 5.97 Å². The van der Waals surface area contributed by atoms with Crippen LogP contribution in [0, 0.1) is 0 Å². The number of aromatic carboxylic acids is 1. The van der Waals surface area contributed by atoms with Crippen molar-refractivity contribution < 1.29 is 33.6 Å². The lowest BCUT2D eigenvalue weighted by Gasteiger charge is -2.25. The first kappa shape index (κ1) is 24.4. The molecule has 0 aliphatic carbocycles. The Morgan fingerprint density at radius 1 is 0.824 bits per heavy atom. The minimum absolute atomic E-state index is 0.0545. The van der Waals surface area contributed by atoms with Crippen LogP contribution >= 0.6 is 0 Å². The minimum Gasteiger partial charge on any atom is -0.497 e. The lowest BCUT2D eigenvalue weighted by Crippen LogP contribution is -2.34. The monoisotopic (exact) mass is 465 g/mol. The molecule has 0 aromatic heterocycles. The Morgan fingerprint density at radius 2 is 1.59 bits per heavy atom. The van der Waals surface area contributed by atoms with Crippen molar-refractivity contribution in [1.82, 2.24) is 4.90 Å². The summed E-state index contributed by atoms with van der Waals surface area (Å²) in [6, 6.07) is 19.4. The molecule has 0 radical (unpaired) electrons. The fourth-order valence-corrected chi connectivity index (χ4v) is 3.48. The summed E-state index contributed by atoms with van der Waals surface area (Å²) in [7, 11) is 4.56. The first-order valence-corrected chi connectivity index (χ1v) is 10.5. The maximum absolute atomic E-state index is 13.3. The fraction of sp³-hybridized carbons (Fsp3) is 0.231. The normalized spacial score (nSPS) is 10.3. The van der Waals surface area contributed by atoms with E-state index in [1.807, 2.05) is 42.5 Å². The van der Waals surface area contributed by atoms with Gasteiger partial charge in [-0.25, -0.2) is 4.79 Å². The second-order valence-corrected chi connectivity index (χ2v) is 7.34. The zero-order chi connectivity index (χ0) is 24.5. The molecule has 8 heteroatoms. The third-order valence-electron chi connectivity index (χ3n) is 5.18. The van der Waals surface area contributed by atoms with Crippen LogP contribution in [0.1, 0.15) is 21.5 Å². The second-order valence-electron chi connectivity index (χ2n) is 7.34.